The lowest BCUT2D eigenvalue weighted by Gasteiger charge is -2.21. The van der Waals surface area contributed by atoms with Crippen LogP contribution in [0.4, 0.5) is 0 Å². The maximum absolute atomic E-state index is 11.9. The predicted molar refractivity (Wildman–Crippen MR) is 77.4 cm³/mol. The minimum absolute atomic E-state index is 0.0246. The molecule has 0 spiro atoms. The molecule has 1 aromatic carbocycles. The Kier molecular flexibility index (Phi) is 4.60. The van der Waals surface area contributed by atoms with E-state index in [9.17, 15) is 10.1 Å². The maximum Gasteiger partial charge on any atom is 0.221 e. The van der Waals surface area contributed by atoms with Crippen LogP contribution in [0.15, 0.2) is 28.7 Å². The van der Waals surface area contributed by atoms with Crippen molar-refractivity contribution in [3.8, 4) is 6.07 Å². The first kappa shape index (κ1) is 14.1. The molecule has 1 aliphatic carbocycles. The van der Waals surface area contributed by atoms with Crippen LogP contribution in [0.2, 0.25) is 0 Å². The zero-order valence-corrected chi connectivity index (χ0v) is 12.4. The minimum Gasteiger partial charge on any atom is -0.338 e. The Morgan fingerprint density at radius 3 is 2.79 bits per heavy atom. The molecule has 1 saturated carbocycles. The van der Waals surface area contributed by atoms with Crippen molar-refractivity contribution in [1.29, 1.82) is 5.26 Å². The summed E-state index contributed by atoms with van der Waals surface area (Å²) in [5.41, 5.74) is 0.524. The first-order valence-corrected chi connectivity index (χ1v) is 7.40. The zero-order chi connectivity index (χ0) is 13.7. The highest BCUT2D eigenvalue weighted by molar-refractivity contribution is 9.10. The predicted octanol–water partition coefficient (Wildman–Crippen LogP) is 3.33. The number of carbonyl (C=O) groups excluding carboxylic acids is 1. The average molecular weight is 321 g/mol. The summed E-state index contributed by atoms with van der Waals surface area (Å²) in [6, 6.07) is 10.2. The standard InChI is InChI=1S/C15H17BrN2O/c16-13-5-3-4-12(10-13)6-7-14(19)18-15(11-17)8-1-2-9-15/h3-5,10H,1-2,6-9H2,(H,18,19). The van der Waals surface area contributed by atoms with Gasteiger partial charge in [0, 0.05) is 10.9 Å². The summed E-state index contributed by atoms with van der Waals surface area (Å²) < 4.78 is 1.02. The number of benzene rings is 1. The van der Waals surface area contributed by atoms with Gasteiger partial charge >= 0.3 is 0 Å². The highest BCUT2D eigenvalue weighted by atomic mass is 79.9. The number of hydrogen-bond donors (Lipinski definition) is 1. The molecular weight excluding hydrogens is 304 g/mol. The molecule has 3 nitrogen and oxygen atoms in total. The van der Waals surface area contributed by atoms with E-state index in [4.69, 9.17) is 0 Å². The van der Waals surface area contributed by atoms with Crippen molar-refractivity contribution in [3.63, 3.8) is 0 Å². The Morgan fingerprint density at radius 1 is 1.42 bits per heavy atom. The number of hydrogen-bond acceptors (Lipinski definition) is 2. The molecule has 0 aliphatic heterocycles. The number of rotatable bonds is 4. The van der Waals surface area contributed by atoms with Crippen LogP contribution >= 0.6 is 15.9 Å². The van der Waals surface area contributed by atoms with Crippen molar-refractivity contribution < 1.29 is 4.79 Å². The molecule has 4 heteroatoms. The number of aryl methyl sites for hydroxylation is 1. The van der Waals surface area contributed by atoms with E-state index in [-0.39, 0.29) is 5.91 Å². The van der Waals surface area contributed by atoms with Crippen molar-refractivity contribution in [3.05, 3.63) is 34.3 Å². The average Bonchev–Trinajstić information content (AvgIpc) is 2.86. The molecule has 0 radical (unpaired) electrons. The van der Waals surface area contributed by atoms with Gasteiger partial charge in [0.05, 0.1) is 6.07 Å². The topological polar surface area (TPSA) is 52.9 Å². The Morgan fingerprint density at radius 2 is 2.16 bits per heavy atom. The number of carbonyl (C=O) groups is 1. The van der Waals surface area contributed by atoms with Gasteiger partial charge in [0.25, 0.3) is 0 Å². The van der Waals surface area contributed by atoms with Gasteiger partial charge in [-0.05, 0) is 49.8 Å². The van der Waals surface area contributed by atoms with E-state index in [0.29, 0.717) is 12.8 Å². The summed E-state index contributed by atoms with van der Waals surface area (Å²) in [4.78, 5) is 11.9. The first-order chi connectivity index (χ1) is 9.13. The van der Waals surface area contributed by atoms with Gasteiger partial charge in [0.2, 0.25) is 5.91 Å². The highest BCUT2D eigenvalue weighted by Crippen LogP contribution is 2.29. The van der Waals surface area contributed by atoms with E-state index in [0.717, 1.165) is 35.7 Å². The van der Waals surface area contributed by atoms with Crippen LogP contribution in [0.5, 0.6) is 0 Å². The van der Waals surface area contributed by atoms with Crippen LogP contribution < -0.4 is 5.32 Å². The lowest BCUT2D eigenvalue weighted by Crippen LogP contribution is -2.45. The maximum atomic E-state index is 11.9. The van der Waals surface area contributed by atoms with Crippen molar-refractivity contribution in [2.45, 2.75) is 44.1 Å². The van der Waals surface area contributed by atoms with E-state index in [1.807, 2.05) is 24.3 Å². The lowest BCUT2D eigenvalue weighted by molar-refractivity contribution is -0.122. The summed E-state index contributed by atoms with van der Waals surface area (Å²) in [6.45, 7) is 0. The quantitative estimate of drug-likeness (QED) is 0.925. The minimum atomic E-state index is -0.603. The van der Waals surface area contributed by atoms with Crippen LogP contribution in [0.25, 0.3) is 0 Å². The summed E-state index contributed by atoms with van der Waals surface area (Å²) in [6.07, 6.45) is 4.75. The van der Waals surface area contributed by atoms with Crippen LogP contribution in [-0.4, -0.2) is 11.4 Å². The Bertz CT molecular complexity index is 501. The number of amides is 1. The Labute approximate surface area is 122 Å². The largest absolute Gasteiger partial charge is 0.338 e. The molecule has 1 aromatic rings. The molecule has 0 aromatic heterocycles. The number of nitriles is 1. The number of nitrogens with one attached hydrogen (secondary N) is 1. The van der Waals surface area contributed by atoms with E-state index in [1.165, 1.54) is 0 Å². The van der Waals surface area contributed by atoms with Gasteiger partial charge in [-0.15, -0.1) is 0 Å². The van der Waals surface area contributed by atoms with E-state index in [1.54, 1.807) is 0 Å². The normalized spacial score (nSPS) is 16.8. The van der Waals surface area contributed by atoms with E-state index >= 15 is 0 Å². The molecule has 0 heterocycles. The van der Waals surface area contributed by atoms with Gasteiger partial charge in [-0.25, -0.2) is 0 Å². The second-order valence-corrected chi connectivity index (χ2v) is 5.99. The first-order valence-electron chi connectivity index (χ1n) is 6.60. The molecule has 2 rings (SSSR count). The molecule has 0 atom stereocenters. The second-order valence-electron chi connectivity index (χ2n) is 5.08. The molecule has 1 N–H and O–H groups in total. The smallest absolute Gasteiger partial charge is 0.221 e. The third-order valence-corrected chi connectivity index (χ3v) is 4.07. The Balaban J connectivity index is 1.87. The summed E-state index contributed by atoms with van der Waals surface area (Å²) in [5, 5.41) is 12.1. The molecule has 0 bridgehead atoms. The SMILES string of the molecule is N#CC1(NC(=O)CCc2cccc(Br)c2)CCCC1. The molecule has 1 amide bonds. The second kappa shape index (κ2) is 6.21. The van der Waals surface area contributed by atoms with Crippen LogP contribution in [0, 0.1) is 11.3 Å². The van der Waals surface area contributed by atoms with Gasteiger partial charge in [-0.3, -0.25) is 4.79 Å². The number of nitrogens with zero attached hydrogens (tertiary/aromatic N) is 1. The molecule has 1 fully saturated rings. The van der Waals surface area contributed by atoms with Crippen LogP contribution in [-0.2, 0) is 11.2 Å². The van der Waals surface area contributed by atoms with Gasteiger partial charge in [0.15, 0.2) is 0 Å². The molecule has 0 saturated heterocycles. The lowest BCUT2D eigenvalue weighted by atomic mass is 9.99. The van der Waals surface area contributed by atoms with E-state index < -0.39 is 5.54 Å². The molecule has 1 aliphatic rings. The van der Waals surface area contributed by atoms with Gasteiger partial charge in [-0.2, -0.15) is 5.26 Å². The highest BCUT2D eigenvalue weighted by Gasteiger charge is 2.35. The van der Waals surface area contributed by atoms with Crippen LogP contribution in [0.1, 0.15) is 37.7 Å². The molecule has 0 unspecified atom stereocenters. The fourth-order valence-electron chi connectivity index (χ4n) is 2.52. The van der Waals surface area contributed by atoms with Crippen molar-refractivity contribution in [1.82, 2.24) is 5.32 Å². The van der Waals surface area contributed by atoms with Crippen molar-refractivity contribution in [2.24, 2.45) is 0 Å². The van der Waals surface area contributed by atoms with Gasteiger partial charge < -0.3 is 5.32 Å². The molecule has 100 valence electrons. The number of halogens is 1. The summed E-state index contributed by atoms with van der Waals surface area (Å²) in [7, 11) is 0. The molecule has 19 heavy (non-hydrogen) atoms. The summed E-state index contributed by atoms with van der Waals surface area (Å²) >= 11 is 3.42. The molecular formula is C15H17BrN2O. The fraction of sp³-hybridized carbons (Fsp3) is 0.467. The monoisotopic (exact) mass is 320 g/mol. The van der Waals surface area contributed by atoms with Crippen molar-refractivity contribution in [2.75, 3.05) is 0 Å². The summed E-state index contributed by atoms with van der Waals surface area (Å²) in [5.74, 6) is -0.0246. The van der Waals surface area contributed by atoms with Gasteiger partial charge in [-0.1, -0.05) is 28.1 Å². The third kappa shape index (κ3) is 3.81. The van der Waals surface area contributed by atoms with Crippen molar-refractivity contribution >= 4 is 21.8 Å². The fourth-order valence-corrected chi connectivity index (χ4v) is 2.97. The third-order valence-electron chi connectivity index (χ3n) is 3.58. The van der Waals surface area contributed by atoms with Gasteiger partial charge in [0.1, 0.15) is 5.54 Å². The zero-order valence-electron chi connectivity index (χ0n) is 10.8. The van der Waals surface area contributed by atoms with E-state index in [2.05, 4.69) is 27.3 Å². The van der Waals surface area contributed by atoms with Crippen LogP contribution in [0.3, 0.4) is 0 Å². The Hall–Kier alpha value is -1.34.